The van der Waals surface area contributed by atoms with Crippen LogP contribution >= 0.6 is 0 Å². The molecule has 0 fully saturated rings. The van der Waals surface area contributed by atoms with E-state index in [2.05, 4.69) is 27.7 Å². The molecule has 0 rings (SSSR count). The SMILES string of the molecule is CCCCCC[SiH2]OC(C)(C)C. The van der Waals surface area contributed by atoms with Gasteiger partial charge in [-0.25, -0.2) is 0 Å². The lowest BCUT2D eigenvalue weighted by Crippen LogP contribution is -2.21. The Labute approximate surface area is 79.8 Å². The number of hydrogen-bond donors (Lipinski definition) is 0. The Hall–Kier alpha value is 0.177. The van der Waals surface area contributed by atoms with Crippen molar-refractivity contribution >= 4 is 9.76 Å². The molecule has 0 aromatic carbocycles. The van der Waals surface area contributed by atoms with Crippen molar-refractivity contribution in [2.75, 3.05) is 0 Å². The molecule has 0 spiro atoms. The van der Waals surface area contributed by atoms with E-state index in [1.807, 2.05) is 0 Å². The zero-order valence-electron chi connectivity index (χ0n) is 9.15. The molecule has 0 aromatic heterocycles. The number of unbranched alkanes of at least 4 members (excludes halogenated alkanes) is 3. The highest BCUT2D eigenvalue weighted by molar-refractivity contribution is 6.27. The molecule has 0 N–H and O–H groups in total. The summed E-state index contributed by atoms with van der Waals surface area (Å²) < 4.78 is 5.75. The molecule has 12 heavy (non-hydrogen) atoms. The van der Waals surface area contributed by atoms with Gasteiger partial charge in [0.2, 0.25) is 0 Å². The van der Waals surface area contributed by atoms with Crippen molar-refractivity contribution < 1.29 is 4.43 Å². The summed E-state index contributed by atoms with van der Waals surface area (Å²) in [6.07, 6.45) is 5.51. The van der Waals surface area contributed by atoms with E-state index >= 15 is 0 Å². The summed E-state index contributed by atoms with van der Waals surface area (Å²) in [5.41, 5.74) is 0.108. The first-order valence-electron chi connectivity index (χ1n) is 5.20. The van der Waals surface area contributed by atoms with E-state index in [1.165, 1.54) is 31.7 Å². The van der Waals surface area contributed by atoms with Gasteiger partial charge in [-0.2, -0.15) is 0 Å². The van der Waals surface area contributed by atoms with Gasteiger partial charge in [-0.15, -0.1) is 0 Å². The van der Waals surface area contributed by atoms with Crippen LogP contribution in [0.25, 0.3) is 0 Å². The molecular formula is C10H24OSi. The van der Waals surface area contributed by atoms with Gasteiger partial charge < -0.3 is 4.43 Å². The van der Waals surface area contributed by atoms with Gasteiger partial charge in [0.05, 0.1) is 0 Å². The minimum Gasteiger partial charge on any atom is -0.419 e. The second kappa shape index (κ2) is 6.67. The van der Waals surface area contributed by atoms with E-state index in [0.717, 1.165) is 0 Å². The molecule has 0 aliphatic heterocycles. The largest absolute Gasteiger partial charge is 0.419 e. The number of hydrogen-bond acceptors (Lipinski definition) is 1. The molecule has 0 radical (unpaired) electrons. The Morgan fingerprint density at radius 3 is 2.25 bits per heavy atom. The Balaban J connectivity index is 3.01. The summed E-state index contributed by atoms with van der Waals surface area (Å²) in [7, 11) is -0.221. The fourth-order valence-electron chi connectivity index (χ4n) is 1.08. The molecule has 0 saturated carbocycles. The normalized spacial score (nSPS) is 13.0. The third-order valence-electron chi connectivity index (χ3n) is 1.78. The summed E-state index contributed by atoms with van der Waals surface area (Å²) in [4.78, 5) is 0. The predicted octanol–water partition coefficient (Wildman–Crippen LogP) is 2.88. The van der Waals surface area contributed by atoms with E-state index in [9.17, 15) is 0 Å². The van der Waals surface area contributed by atoms with Crippen LogP contribution < -0.4 is 0 Å². The van der Waals surface area contributed by atoms with Crippen molar-refractivity contribution in [2.45, 2.75) is 65.0 Å². The molecule has 1 nitrogen and oxygen atoms in total. The molecular weight excluding hydrogens is 164 g/mol. The first kappa shape index (κ1) is 12.2. The molecule has 74 valence electrons. The van der Waals surface area contributed by atoms with E-state index in [-0.39, 0.29) is 15.4 Å². The highest BCUT2D eigenvalue weighted by atomic mass is 28.2. The third-order valence-corrected chi connectivity index (χ3v) is 3.64. The molecule has 0 saturated heterocycles. The van der Waals surface area contributed by atoms with Crippen LogP contribution in [-0.4, -0.2) is 15.4 Å². The zero-order valence-corrected chi connectivity index (χ0v) is 10.6. The van der Waals surface area contributed by atoms with E-state index in [4.69, 9.17) is 4.43 Å². The minimum absolute atomic E-state index is 0.108. The Morgan fingerprint density at radius 2 is 1.75 bits per heavy atom. The molecule has 0 amide bonds. The van der Waals surface area contributed by atoms with Gasteiger partial charge in [-0.3, -0.25) is 0 Å². The number of rotatable bonds is 6. The van der Waals surface area contributed by atoms with Crippen molar-refractivity contribution in [3.8, 4) is 0 Å². The molecule has 0 aliphatic rings. The maximum absolute atomic E-state index is 5.75. The van der Waals surface area contributed by atoms with Gasteiger partial charge >= 0.3 is 0 Å². The maximum atomic E-state index is 5.75. The van der Waals surface area contributed by atoms with Gasteiger partial charge in [0, 0.05) is 5.60 Å². The molecule has 0 heterocycles. The van der Waals surface area contributed by atoms with Crippen molar-refractivity contribution in [1.29, 1.82) is 0 Å². The molecule has 0 unspecified atom stereocenters. The average Bonchev–Trinajstić information content (AvgIpc) is 1.94. The van der Waals surface area contributed by atoms with Crippen LogP contribution in [0.4, 0.5) is 0 Å². The average molecular weight is 188 g/mol. The first-order valence-corrected chi connectivity index (χ1v) is 6.78. The third kappa shape index (κ3) is 10.2. The lowest BCUT2D eigenvalue weighted by molar-refractivity contribution is 0.138. The summed E-state index contributed by atoms with van der Waals surface area (Å²) in [5, 5.41) is 0. The topological polar surface area (TPSA) is 9.23 Å². The summed E-state index contributed by atoms with van der Waals surface area (Å²) in [6, 6.07) is 1.36. The molecule has 0 bridgehead atoms. The first-order chi connectivity index (χ1) is 5.56. The van der Waals surface area contributed by atoms with Crippen LogP contribution in [0, 0.1) is 0 Å². The lowest BCUT2D eigenvalue weighted by Gasteiger charge is -2.19. The lowest BCUT2D eigenvalue weighted by atomic mass is 10.2. The van der Waals surface area contributed by atoms with Crippen molar-refractivity contribution in [3.05, 3.63) is 0 Å². The van der Waals surface area contributed by atoms with Crippen LogP contribution in [0.15, 0.2) is 0 Å². The fraction of sp³-hybridized carbons (Fsp3) is 1.00. The van der Waals surface area contributed by atoms with Crippen LogP contribution in [0.1, 0.15) is 53.4 Å². The zero-order chi connectivity index (χ0) is 9.45. The smallest absolute Gasteiger partial charge is 0.162 e. The molecule has 2 heteroatoms. The maximum Gasteiger partial charge on any atom is 0.162 e. The monoisotopic (exact) mass is 188 g/mol. The highest BCUT2D eigenvalue weighted by Crippen LogP contribution is 2.08. The predicted molar refractivity (Wildman–Crippen MR) is 58.3 cm³/mol. The van der Waals surface area contributed by atoms with Gasteiger partial charge in [0.25, 0.3) is 0 Å². The fourth-order valence-corrected chi connectivity index (χ4v) is 2.40. The highest BCUT2D eigenvalue weighted by Gasteiger charge is 2.08. The molecule has 0 aliphatic carbocycles. The Kier molecular flexibility index (Phi) is 6.77. The van der Waals surface area contributed by atoms with Crippen LogP contribution in [0.2, 0.25) is 6.04 Å². The quantitative estimate of drug-likeness (QED) is 0.460. The Bertz CT molecular complexity index is 96.5. The molecule has 0 atom stereocenters. The Morgan fingerprint density at radius 1 is 1.08 bits per heavy atom. The van der Waals surface area contributed by atoms with Crippen molar-refractivity contribution in [3.63, 3.8) is 0 Å². The van der Waals surface area contributed by atoms with Crippen molar-refractivity contribution in [2.24, 2.45) is 0 Å². The standard InChI is InChI=1S/C10H24OSi/c1-5-6-7-8-9-12-11-10(2,3)4/h5-9,12H2,1-4H3. The summed E-state index contributed by atoms with van der Waals surface area (Å²) >= 11 is 0. The van der Waals surface area contributed by atoms with Gasteiger partial charge in [-0.05, 0) is 26.8 Å². The minimum atomic E-state index is -0.221. The van der Waals surface area contributed by atoms with Gasteiger partial charge in [0.1, 0.15) is 0 Å². The van der Waals surface area contributed by atoms with Crippen LogP contribution in [0.5, 0.6) is 0 Å². The second-order valence-corrected chi connectivity index (χ2v) is 5.78. The van der Waals surface area contributed by atoms with E-state index in [0.29, 0.717) is 0 Å². The van der Waals surface area contributed by atoms with Gasteiger partial charge in [-0.1, -0.05) is 32.6 Å². The molecule has 0 aromatic rings. The van der Waals surface area contributed by atoms with Crippen molar-refractivity contribution in [1.82, 2.24) is 0 Å². The van der Waals surface area contributed by atoms with Crippen LogP contribution in [0.3, 0.4) is 0 Å². The summed E-state index contributed by atoms with van der Waals surface area (Å²) in [5.74, 6) is 0. The van der Waals surface area contributed by atoms with Crippen LogP contribution in [-0.2, 0) is 4.43 Å². The van der Waals surface area contributed by atoms with E-state index in [1.54, 1.807) is 0 Å². The second-order valence-electron chi connectivity index (χ2n) is 4.38. The van der Waals surface area contributed by atoms with E-state index < -0.39 is 0 Å². The summed E-state index contributed by atoms with van der Waals surface area (Å²) in [6.45, 7) is 8.69. The van der Waals surface area contributed by atoms with Gasteiger partial charge in [0.15, 0.2) is 9.76 Å².